The normalized spacial score (nSPS) is 18.2. The number of fused-ring (bicyclic) bond motifs is 1. The van der Waals surface area contributed by atoms with Crippen LogP contribution in [0, 0.1) is 17.2 Å². The van der Waals surface area contributed by atoms with E-state index in [1.165, 1.54) is 67.9 Å². The number of amides is 4. The first-order valence-corrected chi connectivity index (χ1v) is 22.5. The molecule has 1 aromatic heterocycles. The van der Waals surface area contributed by atoms with E-state index >= 15 is 0 Å². The predicted octanol–water partition coefficient (Wildman–Crippen LogP) is 7.81. The average molecular weight is 865 g/mol. The molecule has 18 heteroatoms. The molecule has 5 N–H and O–H groups in total. The van der Waals surface area contributed by atoms with Gasteiger partial charge in [0.15, 0.2) is 0 Å². The van der Waals surface area contributed by atoms with Gasteiger partial charge in [-0.15, -0.1) is 23.1 Å². The van der Waals surface area contributed by atoms with Crippen LogP contribution in [0.3, 0.4) is 0 Å². The Bertz CT molecular complexity index is 1690. The number of nitrogens with two attached hydrogens (primary N) is 1. The highest BCUT2D eigenvalue weighted by Gasteiger charge is 2.37. The minimum absolute atomic E-state index is 0.164. The van der Waals surface area contributed by atoms with E-state index in [1.54, 1.807) is 36.0 Å². The van der Waals surface area contributed by atoms with Gasteiger partial charge in [0, 0.05) is 23.9 Å². The van der Waals surface area contributed by atoms with E-state index in [-0.39, 0.29) is 24.8 Å². The molecule has 56 heavy (non-hydrogen) atoms. The average Bonchev–Trinajstić information content (AvgIpc) is 3.52. The number of ether oxygens (including phenoxy) is 1. The highest BCUT2D eigenvalue weighted by molar-refractivity contribution is 8.01. The zero-order valence-electron chi connectivity index (χ0n) is 33.3. The number of hydrogen-bond donors (Lipinski definition) is 4. The van der Waals surface area contributed by atoms with Crippen molar-refractivity contribution >= 4 is 68.7 Å². The molecule has 2 aliphatic heterocycles. The van der Waals surface area contributed by atoms with E-state index in [0.29, 0.717) is 50.2 Å². The standard InChI is InChI=1S/C15H24ClNO2S3.C9H8FNO2.C9H15N3O4.C5H12/c1-2-3-4-5-6-7-12-10-13(12)20-11-17-22(18,19)15-9-8-14(16)21-15;10-8-3-1-2-6-4-11(9(12)13)5-7(6)8;1-16-9(15)11-5-7(13)12-4-2-3-6(12)8(10)14;1-5(2,3)4/h8-9,12-13,17H,2-7,10-11H2,1H3;1-3H,4-5H2,(H,12,13);6H,2-5H2,1H3,(H2,10,14)(H,11,15);1-4H3. The van der Waals surface area contributed by atoms with Crippen LogP contribution in [0.4, 0.5) is 14.0 Å². The van der Waals surface area contributed by atoms with Crippen molar-refractivity contribution < 1.29 is 41.8 Å². The van der Waals surface area contributed by atoms with Gasteiger partial charge in [-0.1, -0.05) is 90.5 Å². The molecule has 1 saturated carbocycles. The SMILES string of the molecule is CC(C)(C)C.CCCCCCCC1CC1SCNS(=O)(=O)c1ccc(Cl)s1.COC(=O)NCC(=O)N1CCCC1C(N)=O.O=C(O)N1Cc2cccc(F)c2C1. The Balaban J connectivity index is 0.000000281. The van der Waals surface area contributed by atoms with Crippen LogP contribution in [0.15, 0.2) is 34.5 Å². The number of likely N-dealkylation sites (tertiary alicyclic amines) is 1. The van der Waals surface area contributed by atoms with Crippen LogP contribution < -0.4 is 15.8 Å². The van der Waals surface area contributed by atoms with Crippen molar-refractivity contribution in [2.24, 2.45) is 17.1 Å². The maximum atomic E-state index is 13.1. The van der Waals surface area contributed by atoms with E-state index in [2.05, 4.69) is 49.4 Å². The topological polar surface area (TPSA) is 188 Å². The van der Waals surface area contributed by atoms with Crippen molar-refractivity contribution in [2.45, 2.75) is 121 Å². The second-order valence-electron chi connectivity index (χ2n) is 15.3. The lowest BCUT2D eigenvalue weighted by Crippen LogP contribution is -2.47. The molecule has 4 amide bonds. The van der Waals surface area contributed by atoms with Gasteiger partial charge >= 0.3 is 12.2 Å². The first-order valence-electron chi connectivity index (χ1n) is 18.8. The molecular weight excluding hydrogens is 805 g/mol. The minimum Gasteiger partial charge on any atom is -0.465 e. The van der Waals surface area contributed by atoms with Crippen LogP contribution in [0.5, 0.6) is 0 Å². The maximum absolute atomic E-state index is 13.1. The minimum atomic E-state index is -3.39. The Labute approximate surface area is 344 Å². The monoisotopic (exact) mass is 863 g/mol. The molecular formula is C38H59ClFN5O8S3. The third-order valence-corrected chi connectivity index (χ3v) is 13.2. The fourth-order valence-electron chi connectivity index (χ4n) is 5.67. The maximum Gasteiger partial charge on any atom is 0.407 e. The molecule has 1 aliphatic carbocycles. The van der Waals surface area contributed by atoms with Crippen LogP contribution in [0.2, 0.25) is 4.34 Å². The summed E-state index contributed by atoms with van der Waals surface area (Å²) in [7, 11) is -2.18. The number of carboxylic acid groups (broad SMARTS) is 1. The molecule has 2 aromatic rings. The largest absolute Gasteiger partial charge is 0.465 e. The molecule has 1 aromatic carbocycles. The number of hydrogen-bond acceptors (Lipinski definition) is 9. The van der Waals surface area contributed by atoms with Crippen molar-refractivity contribution in [3.63, 3.8) is 0 Å². The fraction of sp³-hybridized carbons (Fsp3) is 0.632. The summed E-state index contributed by atoms with van der Waals surface area (Å²) in [6.45, 7) is 11.8. The number of sulfonamides is 1. The lowest BCUT2D eigenvalue weighted by molar-refractivity contribution is -0.136. The molecule has 3 heterocycles. The van der Waals surface area contributed by atoms with Crippen LogP contribution in [0.1, 0.15) is 104 Å². The van der Waals surface area contributed by atoms with Gasteiger partial charge in [0.2, 0.25) is 11.8 Å². The number of rotatable bonds is 14. The van der Waals surface area contributed by atoms with Gasteiger partial charge in [-0.05, 0) is 60.8 Å². The number of nitrogens with one attached hydrogen (secondary N) is 2. The van der Waals surface area contributed by atoms with Gasteiger partial charge in [-0.3, -0.25) is 14.5 Å². The molecule has 3 unspecified atom stereocenters. The van der Waals surface area contributed by atoms with E-state index in [1.807, 2.05) is 0 Å². The second-order valence-corrected chi connectivity index (χ2v) is 20.2. The van der Waals surface area contributed by atoms with Crippen molar-refractivity contribution in [3.05, 3.63) is 51.6 Å². The number of alkyl carbamates (subject to hydrolysis) is 1. The smallest absolute Gasteiger partial charge is 0.407 e. The molecule has 13 nitrogen and oxygen atoms in total. The van der Waals surface area contributed by atoms with E-state index < -0.39 is 34.2 Å². The highest BCUT2D eigenvalue weighted by atomic mass is 35.5. The second kappa shape index (κ2) is 24.0. The van der Waals surface area contributed by atoms with Gasteiger partial charge in [0.1, 0.15) is 22.6 Å². The number of primary amides is 1. The number of nitrogens with zero attached hydrogens (tertiary/aromatic N) is 2. The third-order valence-electron chi connectivity index (χ3n) is 8.56. The summed E-state index contributed by atoms with van der Waals surface area (Å²) in [6, 6.07) is 7.32. The van der Waals surface area contributed by atoms with Crippen LogP contribution in [-0.2, 0) is 37.4 Å². The van der Waals surface area contributed by atoms with Crippen molar-refractivity contribution in [1.82, 2.24) is 19.8 Å². The number of benzene rings is 1. The van der Waals surface area contributed by atoms with Crippen LogP contribution in [0.25, 0.3) is 0 Å². The first kappa shape index (κ1) is 49.0. The molecule has 316 valence electrons. The van der Waals surface area contributed by atoms with E-state index in [9.17, 15) is 32.0 Å². The molecule has 2 fully saturated rings. The summed E-state index contributed by atoms with van der Waals surface area (Å²) in [6.07, 6.45) is 8.84. The Kier molecular flexibility index (Phi) is 21.0. The van der Waals surface area contributed by atoms with Crippen molar-refractivity contribution in [3.8, 4) is 0 Å². The number of unbranched alkanes of at least 4 members (excludes halogenated alkanes) is 4. The van der Waals surface area contributed by atoms with Crippen LogP contribution >= 0.6 is 34.7 Å². The van der Waals surface area contributed by atoms with Crippen molar-refractivity contribution in [2.75, 3.05) is 26.1 Å². The molecule has 1 saturated heterocycles. The molecule has 0 bridgehead atoms. The zero-order chi connectivity index (χ0) is 42.1. The van der Waals surface area contributed by atoms with Gasteiger partial charge in [0.25, 0.3) is 10.0 Å². The number of halogens is 2. The van der Waals surface area contributed by atoms with Gasteiger partial charge in [-0.2, -0.15) is 0 Å². The predicted molar refractivity (Wildman–Crippen MR) is 221 cm³/mol. The number of methoxy groups -OCH3 is 1. The quantitative estimate of drug-likeness (QED) is 0.109. The number of carbonyl (C=O) groups is 4. The first-order chi connectivity index (χ1) is 26.3. The van der Waals surface area contributed by atoms with Gasteiger partial charge in [0.05, 0.1) is 23.9 Å². The molecule has 3 atom stereocenters. The van der Waals surface area contributed by atoms with Crippen molar-refractivity contribution in [1.29, 1.82) is 0 Å². The lowest BCUT2D eigenvalue weighted by Gasteiger charge is -2.22. The zero-order valence-corrected chi connectivity index (χ0v) is 36.5. The van der Waals surface area contributed by atoms with E-state index in [0.717, 1.165) is 29.2 Å². The summed E-state index contributed by atoms with van der Waals surface area (Å²) >= 11 is 8.60. The van der Waals surface area contributed by atoms with Gasteiger partial charge in [-0.25, -0.2) is 27.1 Å². The summed E-state index contributed by atoms with van der Waals surface area (Å²) in [5.74, 6) is 0.0960. The summed E-state index contributed by atoms with van der Waals surface area (Å²) in [5.41, 5.74) is 6.93. The molecule has 0 spiro atoms. The summed E-state index contributed by atoms with van der Waals surface area (Å²) in [5, 5.41) is 11.6. The Hall–Kier alpha value is -3.12. The summed E-state index contributed by atoms with van der Waals surface area (Å²) in [4.78, 5) is 46.6. The number of carbonyl (C=O) groups excluding carboxylic acids is 3. The molecule has 0 radical (unpaired) electrons. The number of thiophene rings is 1. The lowest BCUT2D eigenvalue weighted by atomic mass is 10.0. The molecule has 5 rings (SSSR count). The van der Waals surface area contributed by atoms with Crippen LogP contribution in [-0.4, -0.2) is 84.7 Å². The Morgan fingerprint density at radius 3 is 2.34 bits per heavy atom. The summed E-state index contributed by atoms with van der Waals surface area (Å²) < 4.78 is 44.9. The Morgan fingerprint density at radius 2 is 1.77 bits per heavy atom. The van der Waals surface area contributed by atoms with Gasteiger partial charge < -0.3 is 25.8 Å². The van der Waals surface area contributed by atoms with E-state index in [4.69, 9.17) is 22.4 Å². The third kappa shape index (κ3) is 18.4. The highest BCUT2D eigenvalue weighted by Crippen LogP contribution is 2.44. The fourth-order valence-corrected chi connectivity index (χ4v) is 9.76. The Morgan fingerprint density at radius 1 is 1.09 bits per heavy atom. The molecule has 3 aliphatic rings. The number of thioether (sulfide) groups is 1.